The maximum Gasteiger partial charge on any atom is 0.235 e. The highest BCUT2D eigenvalue weighted by Crippen LogP contribution is 2.16. The lowest BCUT2D eigenvalue weighted by molar-refractivity contribution is -0.119. The number of rotatable bonds is 4. The Morgan fingerprint density at radius 1 is 1.37 bits per heavy atom. The average Bonchev–Trinajstić information content (AvgIpc) is 2.43. The lowest BCUT2D eigenvalue weighted by Crippen LogP contribution is -2.44. The van der Waals surface area contributed by atoms with Gasteiger partial charge >= 0.3 is 0 Å². The second kappa shape index (κ2) is 6.92. The number of benzene rings is 1. The normalized spacial score (nSPS) is 17.4. The van der Waals surface area contributed by atoms with Crippen LogP contribution in [0.3, 0.4) is 0 Å². The summed E-state index contributed by atoms with van der Waals surface area (Å²) in [5.41, 5.74) is 2.74. The molecule has 1 aliphatic heterocycles. The van der Waals surface area contributed by atoms with Crippen LogP contribution in [0.15, 0.2) is 24.3 Å². The van der Waals surface area contributed by atoms with Crippen LogP contribution in [0.1, 0.15) is 24.0 Å². The molecule has 1 amide bonds. The number of hydrogen-bond acceptors (Lipinski definition) is 2. The number of likely N-dealkylation sites (tertiary alicyclic amines) is 1. The third-order valence-electron chi connectivity index (χ3n) is 3.73. The summed E-state index contributed by atoms with van der Waals surface area (Å²) in [5, 5.41) is 2.97. The van der Waals surface area contributed by atoms with Gasteiger partial charge in [0.2, 0.25) is 5.91 Å². The average molecular weight is 281 g/mol. The van der Waals surface area contributed by atoms with E-state index in [0.29, 0.717) is 6.04 Å². The highest BCUT2D eigenvalue weighted by molar-refractivity contribution is 6.27. The van der Waals surface area contributed by atoms with E-state index < -0.39 is 0 Å². The van der Waals surface area contributed by atoms with Crippen molar-refractivity contribution in [3.63, 3.8) is 0 Å². The number of carbonyl (C=O) groups excluding carboxylic acids is 1. The molecule has 0 radical (unpaired) electrons. The summed E-state index contributed by atoms with van der Waals surface area (Å²) in [7, 11) is 0. The van der Waals surface area contributed by atoms with Crippen LogP contribution < -0.4 is 5.32 Å². The van der Waals surface area contributed by atoms with Gasteiger partial charge in [-0.1, -0.05) is 24.3 Å². The Kier molecular flexibility index (Phi) is 5.23. The molecule has 2 rings (SSSR count). The van der Waals surface area contributed by atoms with Crippen LogP contribution in [0, 0.1) is 6.92 Å². The molecular weight excluding hydrogens is 260 g/mol. The number of piperidine rings is 1. The number of amides is 1. The van der Waals surface area contributed by atoms with Crippen LogP contribution in [-0.2, 0) is 11.3 Å². The van der Waals surface area contributed by atoms with Crippen molar-refractivity contribution >= 4 is 17.5 Å². The molecule has 1 aromatic rings. The first-order valence-corrected chi connectivity index (χ1v) is 7.34. The molecule has 1 N–H and O–H groups in total. The molecule has 0 aliphatic carbocycles. The fraction of sp³-hybridized carbons (Fsp3) is 0.533. The first-order valence-electron chi connectivity index (χ1n) is 6.81. The zero-order chi connectivity index (χ0) is 13.7. The zero-order valence-corrected chi connectivity index (χ0v) is 12.1. The van der Waals surface area contributed by atoms with Crippen molar-refractivity contribution in [3.8, 4) is 0 Å². The predicted octanol–water partition coefficient (Wildman–Crippen LogP) is 2.31. The Morgan fingerprint density at radius 3 is 2.68 bits per heavy atom. The van der Waals surface area contributed by atoms with Gasteiger partial charge < -0.3 is 5.32 Å². The fourth-order valence-corrected chi connectivity index (χ4v) is 2.61. The molecule has 0 atom stereocenters. The Balaban J connectivity index is 1.81. The molecule has 0 unspecified atom stereocenters. The quantitative estimate of drug-likeness (QED) is 0.859. The van der Waals surface area contributed by atoms with E-state index in [1.807, 2.05) is 0 Å². The second-order valence-corrected chi connectivity index (χ2v) is 5.45. The van der Waals surface area contributed by atoms with Crippen LogP contribution in [0.25, 0.3) is 0 Å². The number of halogens is 1. The Morgan fingerprint density at radius 2 is 2.05 bits per heavy atom. The summed E-state index contributed by atoms with van der Waals surface area (Å²) in [6.45, 7) is 5.22. The van der Waals surface area contributed by atoms with E-state index in [2.05, 4.69) is 41.4 Å². The van der Waals surface area contributed by atoms with Crippen LogP contribution in [0.2, 0.25) is 0 Å². The summed E-state index contributed by atoms with van der Waals surface area (Å²) >= 11 is 5.50. The second-order valence-electron chi connectivity index (χ2n) is 5.18. The molecule has 104 valence electrons. The molecule has 1 aliphatic rings. The van der Waals surface area contributed by atoms with E-state index >= 15 is 0 Å². The molecule has 4 heteroatoms. The van der Waals surface area contributed by atoms with Crippen molar-refractivity contribution in [1.82, 2.24) is 10.2 Å². The van der Waals surface area contributed by atoms with Crippen LogP contribution in [0.4, 0.5) is 0 Å². The number of nitrogens with zero attached hydrogens (tertiary/aromatic N) is 1. The molecule has 1 aromatic carbocycles. The lowest BCUT2D eigenvalue weighted by Gasteiger charge is -2.32. The molecule has 3 nitrogen and oxygen atoms in total. The van der Waals surface area contributed by atoms with Crippen LogP contribution >= 0.6 is 11.6 Å². The number of aryl methyl sites for hydroxylation is 1. The van der Waals surface area contributed by atoms with Gasteiger partial charge in [-0.2, -0.15) is 0 Å². The van der Waals surface area contributed by atoms with Gasteiger partial charge in [-0.25, -0.2) is 0 Å². The third-order valence-corrected chi connectivity index (χ3v) is 3.97. The van der Waals surface area contributed by atoms with Crippen LogP contribution in [0.5, 0.6) is 0 Å². The number of carbonyl (C=O) groups is 1. The fourth-order valence-electron chi connectivity index (χ4n) is 2.53. The summed E-state index contributed by atoms with van der Waals surface area (Å²) in [5.74, 6) is 0.00249. The van der Waals surface area contributed by atoms with Gasteiger partial charge in [-0.05, 0) is 30.9 Å². The summed E-state index contributed by atoms with van der Waals surface area (Å²) < 4.78 is 0. The minimum Gasteiger partial charge on any atom is -0.352 e. The minimum atomic E-state index is -0.0565. The van der Waals surface area contributed by atoms with Gasteiger partial charge in [0.05, 0.1) is 0 Å². The van der Waals surface area contributed by atoms with Crippen molar-refractivity contribution in [2.45, 2.75) is 32.4 Å². The van der Waals surface area contributed by atoms with Gasteiger partial charge in [-0.15, -0.1) is 11.6 Å². The minimum absolute atomic E-state index is 0.0565. The van der Waals surface area contributed by atoms with Gasteiger partial charge in [0, 0.05) is 25.7 Å². The van der Waals surface area contributed by atoms with E-state index in [4.69, 9.17) is 11.6 Å². The van der Waals surface area contributed by atoms with Gasteiger partial charge in [0.25, 0.3) is 0 Å². The highest BCUT2D eigenvalue weighted by atomic mass is 35.5. The van der Waals surface area contributed by atoms with E-state index in [1.165, 1.54) is 11.1 Å². The number of hydrogen-bond donors (Lipinski definition) is 1. The van der Waals surface area contributed by atoms with Crippen LogP contribution in [-0.4, -0.2) is 35.8 Å². The molecule has 0 saturated carbocycles. The van der Waals surface area contributed by atoms with Crippen molar-refractivity contribution in [2.24, 2.45) is 0 Å². The van der Waals surface area contributed by atoms with Crippen molar-refractivity contribution in [1.29, 1.82) is 0 Å². The van der Waals surface area contributed by atoms with E-state index in [9.17, 15) is 4.79 Å². The third kappa shape index (κ3) is 4.22. The smallest absolute Gasteiger partial charge is 0.235 e. The molecule has 1 saturated heterocycles. The molecule has 1 fully saturated rings. The van der Waals surface area contributed by atoms with Gasteiger partial charge in [0.15, 0.2) is 0 Å². The number of nitrogens with one attached hydrogen (secondary N) is 1. The van der Waals surface area contributed by atoms with Gasteiger partial charge in [-0.3, -0.25) is 9.69 Å². The summed E-state index contributed by atoms with van der Waals surface area (Å²) in [6.07, 6.45) is 2.02. The molecular formula is C15H21ClN2O. The van der Waals surface area contributed by atoms with Gasteiger partial charge in [0.1, 0.15) is 5.88 Å². The maximum atomic E-state index is 11.2. The number of alkyl halides is 1. The Labute approximate surface area is 119 Å². The molecule has 19 heavy (non-hydrogen) atoms. The maximum absolute atomic E-state index is 11.2. The lowest BCUT2D eigenvalue weighted by atomic mass is 10.0. The Hall–Kier alpha value is -1.06. The molecule has 0 bridgehead atoms. The standard InChI is InChI=1S/C15H21ClN2O/c1-12-4-2-3-5-13(12)11-18-8-6-14(7-9-18)17-15(19)10-16/h2-5,14H,6-11H2,1H3,(H,17,19). The van der Waals surface area contributed by atoms with Crippen molar-refractivity contribution in [2.75, 3.05) is 19.0 Å². The first kappa shape index (κ1) is 14.4. The first-order chi connectivity index (χ1) is 9.19. The summed E-state index contributed by atoms with van der Waals surface area (Å²) in [6, 6.07) is 8.81. The van der Waals surface area contributed by atoms with E-state index in [-0.39, 0.29) is 11.8 Å². The largest absolute Gasteiger partial charge is 0.352 e. The van der Waals surface area contributed by atoms with E-state index in [0.717, 1.165) is 32.5 Å². The SMILES string of the molecule is Cc1ccccc1CN1CCC(NC(=O)CCl)CC1. The van der Waals surface area contributed by atoms with E-state index in [1.54, 1.807) is 0 Å². The zero-order valence-electron chi connectivity index (χ0n) is 11.4. The molecule has 0 spiro atoms. The highest BCUT2D eigenvalue weighted by Gasteiger charge is 2.20. The predicted molar refractivity (Wildman–Crippen MR) is 78.3 cm³/mol. The van der Waals surface area contributed by atoms with Crippen molar-refractivity contribution in [3.05, 3.63) is 35.4 Å². The van der Waals surface area contributed by atoms with Crippen molar-refractivity contribution < 1.29 is 4.79 Å². The molecule has 0 aromatic heterocycles. The topological polar surface area (TPSA) is 32.3 Å². The molecule has 1 heterocycles. The monoisotopic (exact) mass is 280 g/mol. The Bertz CT molecular complexity index is 428. The summed E-state index contributed by atoms with van der Waals surface area (Å²) in [4.78, 5) is 13.7.